The van der Waals surface area contributed by atoms with E-state index < -0.39 is 0 Å². The number of anilines is 1. The first-order valence-electron chi connectivity index (χ1n) is 10.7. The Morgan fingerprint density at radius 2 is 1.90 bits per heavy atom. The van der Waals surface area contributed by atoms with Crippen LogP contribution in [-0.4, -0.2) is 63.9 Å². The number of rotatable bonds is 7. The second-order valence-electron chi connectivity index (χ2n) is 8.13. The summed E-state index contributed by atoms with van der Waals surface area (Å²) in [5.41, 5.74) is 5.13. The number of nitrogens with zero attached hydrogens (tertiary/aromatic N) is 2. The molecule has 2 aliphatic rings. The number of fused-ring (bicyclic) bond motifs is 1. The largest absolute Gasteiger partial charge is 0.484 e. The van der Waals surface area contributed by atoms with Crippen molar-refractivity contribution in [1.29, 1.82) is 0 Å². The molecule has 2 heterocycles. The molecule has 6 nitrogen and oxygen atoms in total. The first-order valence-corrected chi connectivity index (χ1v) is 10.7. The van der Waals surface area contributed by atoms with Crippen molar-refractivity contribution >= 4 is 11.6 Å². The second-order valence-corrected chi connectivity index (χ2v) is 8.13. The molecule has 0 radical (unpaired) electrons. The standard InChI is InChI=1S/C24H31N3O3/c1-18-3-6-21(7-4-18)30-17-24(28)25-16-23(27-11-13-29-14-12-27)19-5-8-22-20(15-19)9-10-26(22)2/h3-8,15,23H,9-14,16-17H2,1-2H3,(H,25,28). The fourth-order valence-electron chi connectivity index (χ4n) is 4.19. The molecule has 0 aromatic heterocycles. The summed E-state index contributed by atoms with van der Waals surface area (Å²) in [4.78, 5) is 17.2. The van der Waals surface area contributed by atoms with E-state index in [0.717, 1.165) is 39.3 Å². The molecule has 0 saturated carbocycles. The average Bonchev–Trinajstić information content (AvgIpc) is 3.14. The van der Waals surface area contributed by atoms with E-state index >= 15 is 0 Å². The highest BCUT2D eigenvalue weighted by atomic mass is 16.5. The van der Waals surface area contributed by atoms with Gasteiger partial charge in [0.25, 0.3) is 5.91 Å². The maximum atomic E-state index is 12.4. The number of carbonyl (C=O) groups is 1. The van der Waals surface area contributed by atoms with Gasteiger partial charge in [-0.2, -0.15) is 0 Å². The van der Waals surface area contributed by atoms with Crippen molar-refractivity contribution in [3.8, 4) is 5.75 Å². The highest BCUT2D eigenvalue weighted by Crippen LogP contribution is 2.31. The molecule has 2 aromatic rings. The van der Waals surface area contributed by atoms with E-state index in [1.807, 2.05) is 31.2 Å². The van der Waals surface area contributed by atoms with Crippen LogP contribution in [0.15, 0.2) is 42.5 Å². The number of ether oxygens (including phenoxy) is 2. The van der Waals surface area contributed by atoms with Gasteiger partial charge >= 0.3 is 0 Å². The number of morpholine rings is 1. The lowest BCUT2D eigenvalue weighted by Crippen LogP contribution is -2.44. The number of carbonyl (C=O) groups excluding carboxylic acids is 1. The van der Waals surface area contributed by atoms with Crippen LogP contribution in [0.4, 0.5) is 5.69 Å². The third-order valence-electron chi connectivity index (χ3n) is 5.99. The quantitative estimate of drug-likeness (QED) is 0.762. The molecule has 1 saturated heterocycles. The van der Waals surface area contributed by atoms with Crippen molar-refractivity contribution in [3.05, 3.63) is 59.2 Å². The number of hydrogen-bond donors (Lipinski definition) is 1. The van der Waals surface area contributed by atoms with Gasteiger partial charge in [0.2, 0.25) is 0 Å². The van der Waals surface area contributed by atoms with Crippen LogP contribution in [0.3, 0.4) is 0 Å². The summed E-state index contributed by atoms with van der Waals surface area (Å²) in [6.45, 7) is 6.88. The zero-order valence-electron chi connectivity index (χ0n) is 17.9. The molecule has 1 unspecified atom stereocenters. The van der Waals surface area contributed by atoms with E-state index in [1.165, 1.54) is 22.4 Å². The van der Waals surface area contributed by atoms with Gasteiger partial charge in [0.1, 0.15) is 5.75 Å². The third-order valence-corrected chi connectivity index (χ3v) is 5.99. The van der Waals surface area contributed by atoms with Crippen molar-refractivity contribution in [3.63, 3.8) is 0 Å². The predicted molar refractivity (Wildman–Crippen MR) is 118 cm³/mol. The minimum absolute atomic E-state index is 0.0217. The van der Waals surface area contributed by atoms with Gasteiger partial charge in [0.05, 0.1) is 19.3 Å². The Bertz CT molecular complexity index is 862. The van der Waals surface area contributed by atoms with E-state index in [4.69, 9.17) is 9.47 Å². The highest BCUT2D eigenvalue weighted by molar-refractivity contribution is 5.77. The number of aryl methyl sites for hydroxylation is 1. The topological polar surface area (TPSA) is 54.0 Å². The van der Waals surface area contributed by atoms with Gasteiger partial charge in [-0.05, 0) is 42.7 Å². The lowest BCUT2D eigenvalue weighted by Gasteiger charge is -2.35. The molecular weight excluding hydrogens is 378 g/mol. The third kappa shape index (κ3) is 4.94. The summed E-state index contributed by atoms with van der Waals surface area (Å²) >= 11 is 0. The minimum atomic E-state index is -0.102. The van der Waals surface area contributed by atoms with Gasteiger partial charge in [-0.1, -0.05) is 29.8 Å². The SMILES string of the molecule is Cc1ccc(OCC(=O)NCC(c2ccc3c(c2)CCN3C)N2CCOCC2)cc1. The van der Waals surface area contributed by atoms with Crippen LogP contribution < -0.4 is 15.0 Å². The smallest absolute Gasteiger partial charge is 0.258 e. The predicted octanol–water partition coefficient (Wildman–Crippen LogP) is 2.56. The number of amides is 1. The van der Waals surface area contributed by atoms with Crippen LogP contribution in [0.1, 0.15) is 22.7 Å². The maximum Gasteiger partial charge on any atom is 0.258 e. The zero-order chi connectivity index (χ0) is 20.9. The molecule has 1 amide bonds. The Kier molecular flexibility index (Phi) is 6.55. The number of benzene rings is 2. The summed E-state index contributed by atoms with van der Waals surface area (Å²) < 4.78 is 11.2. The first kappa shape index (κ1) is 20.7. The van der Waals surface area contributed by atoms with Crippen molar-refractivity contribution in [2.75, 3.05) is 57.9 Å². The molecular formula is C24H31N3O3. The normalized spacial score (nSPS) is 17.5. The van der Waals surface area contributed by atoms with Crippen molar-refractivity contribution in [2.45, 2.75) is 19.4 Å². The van der Waals surface area contributed by atoms with Gasteiger partial charge in [0.15, 0.2) is 6.61 Å². The first-order chi connectivity index (χ1) is 14.6. The molecule has 4 rings (SSSR count). The van der Waals surface area contributed by atoms with Crippen LogP contribution in [0.5, 0.6) is 5.75 Å². The Labute approximate surface area is 178 Å². The fraction of sp³-hybridized carbons (Fsp3) is 0.458. The molecule has 1 atom stereocenters. The number of nitrogens with one attached hydrogen (secondary N) is 1. The lowest BCUT2D eigenvalue weighted by molar-refractivity contribution is -0.123. The van der Waals surface area contributed by atoms with Crippen LogP contribution in [0, 0.1) is 6.92 Å². The minimum Gasteiger partial charge on any atom is -0.484 e. The van der Waals surface area contributed by atoms with E-state index in [9.17, 15) is 4.79 Å². The van der Waals surface area contributed by atoms with Gasteiger partial charge < -0.3 is 19.7 Å². The summed E-state index contributed by atoms with van der Waals surface area (Å²) in [5, 5.41) is 3.08. The van der Waals surface area contributed by atoms with Crippen molar-refractivity contribution in [2.24, 2.45) is 0 Å². The molecule has 30 heavy (non-hydrogen) atoms. The Morgan fingerprint density at radius 3 is 2.67 bits per heavy atom. The summed E-state index contributed by atoms with van der Waals surface area (Å²) in [7, 11) is 2.14. The molecule has 2 aromatic carbocycles. The maximum absolute atomic E-state index is 12.4. The number of likely N-dealkylation sites (N-methyl/N-ethyl adjacent to an activating group) is 1. The monoisotopic (exact) mass is 409 g/mol. The summed E-state index contributed by atoms with van der Waals surface area (Å²) in [6, 6.07) is 14.6. The van der Waals surface area contributed by atoms with Crippen LogP contribution in [0.2, 0.25) is 0 Å². The van der Waals surface area contributed by atoms with Gasteiger partial charge in [-0.3, -0.25) is 9.69 Å². The van der Waals surface area contributed by atoms with E-state index in [1.54, 1.807) is 0 Å². The van der Waals surface area contributed by atoms with E-state index in [2.05, 4.69) is 40.4 Å². The molecule has 160 valence electrons. The molecule has 0 aliphatic carbocycles. The Morgan fingerprint density at radius 1 is 1.13 bits per heavy atom. The van der Waals surface area contributed by atoms with Crippen LogP contribution in [-0.2, 0) is 16.0 Å². The fourth-order valence-corrected chi connectivity index (χ4v) is 4.19. The van der Waals surface area contributed by atoms with Gasteiger partial charge in [-0.25, -0.2) is 0 Å². The van der Waals surface area contributed by atoms with Gasteiger partial charge in [0, 0.05) is 38.9 Å². The Hall–Kier alpha value is -2.57. The van der Waals surface area contributed by atoms with Crippen LogP contribution >= 0.6 is 0 Å². The molecule has 1 N–H and O–H groups in total. The second kappa shape index (κ2) is 9.49. The average molecular weight is 410 g/mol. The van der Waals surface area contributed by atoms with Crippen LogP contribution in [0.25, 0.3) is 0 Å². The zero-order valence-corrected chi connectivity index (χ0v) is 17.9. The highest BCUT2D eigenvalue weighted by Gasteiger charge is 2.25. The van der Waals surface area contributed by atoms with E-state index in [0.29, 0.717) is 12.3 Å². The van der Waals surface area contributed by atoms with Gasteiger partial charge in [-0.15, -0.1) is 0 Å². The molecule has 1 fully saturated rings. The summed E-state index contributed by atoms with van der Waals surface area (Å²) in [5.74, 6) is 0.609. The lowest BCUT2D eigenvalue weighted by atomic mass is 10.0. The molecule has 6 heteroatoms. The molecule has 0 bridgehead atoms. The Balaban J connectivity index is 1.40. The summed E-state index contributed by atoms with van der Waals surface area (Å²) in [6.07, 6.45) is 1.08. The molecule has 0 spiro atoms. The van der Waals surface area contributed by atoms with Crippen molar-refractivity contribution in [1.82, 2.24) is 10.2 Å². The molecule has 2 aliphatic heterocycles. The van der Waals surface area contributed by atoms with E-state index in [-0.39, 0.29) is 18.6 Å². The number of hydrogen-bond acceptors (Lipinski definition) is 5. The van der Waals surface area contributed by atoms with Crippen molar-refractivity contribution < 1.29 is 14.3 Å².